The summed E-state index contributed by atoms with van der Waals surface area (Å²) in [6.45, 7) is 6.84. The highest BCUT2D eigenvalue weighted by Gasteiger charge is 2.29. The summed E-state index contributed by atoms with van der Waals surface area (Å²) in [6, 6.07) is 16.6. The molecular weight excluding hydrogens is 372 g/mol. The second-order valence-electron chi connectivity index (χ2n) is 7.35. The van der Waals surface area contributed by atoms with Crippen LogP contribution in [-0.4, -0.2) is 29.3 Å². The van der Waals surface area contributed by atoms with Gasteiger partial charge in [-0.25, -0.2) is 0 Å². The standard InChI is InChI=1S/C23H29ClN2O2/c1-4-22(27)26(16-19-11-8-12-20(24)13-19)21(23(28)25-15-17(2)3)14-18-9-6-5-7-10-18/h5-13,17,21H,4,14-16H2,1-3H3,(H,25,28). The second-order valence-corrected chi connectivity index (χ2v) is 7.79. The van der Waals surface area contributed by atoms with Gasteiger partial charge in [0.25, 0.3) is 0 Å². The van der Waals surface area contributed by atoms with Crippen LogP contribution >= 0.6 is 11.6 Å². The molecule has 0 bridgehead atoms. The van der Waals surface area contributed by atoms with Crippen LogP contribution in [0.4, 0.5) is 0 Å². The summed E-state index contributed by atoms with van der Waals surface area (Å²) in [5.74, 6) is 0.159. The Morgan fingerprint density at radius 2 is 1.71 bits per heavy atom. The number of hydrogen-bond donors (Lipinski definition) is 1. The Balaban J connectivity index is 2.32. The lowest BCUT2D eigenvalue weighted by Gasteiger charge is -2.31. The Hall–Kier alpha value is -2.33. The second kappa shape index (κ2) is 10.9. The maximum atomic E-state index is 13.0. The zero-order valence-electron chi connectivity index (χ0n) is 16.8. The average Bonchev–Trinajstić information content (AvgIpc) is 2.69. The van der Waals surface area contributed by atoms with Crippen molar-refractivity contribution in [1.29, 1.82) is 0 Å². The van der Waals surface area contributed by atoms with Gasteiger partial charge in [0.2, 0.25) is 11.8 Å². The number of halogens is 1. The molecule has 0 fully saturated rings. The van der Waals surface area contributed by atoms with Gasteiger partial charge in [-0.2, -0.15) is 0 Å². The highest BCUT2D eigenvalue weighted by Crippen LogP contribution is 2.18. The molecular formula is C23H29ClN2O2. The largest absolute Gasteiger partial charge is 0.354 e. The number of hydrogen-bond acceptors (Lipinski definition) is 2. The molecule has 1 N–H and O–H groups in total. The Bertz CT molecular complexity index is 777. The first-order valence-electron chi connectivity index (χ1n) is 9.76. The van der Waals surface area contributed by atoms with E-state index in [0.717, 1.165) is 11.1 Å². The van der Waals surface area contributed by atoms with Gasteiger partial charge in [-0.1, -0.05) is 74.8 Å². The van der Waals surface area contributed by atoms with Crippen LogP contribution in [0.1, 0.15) is 38.3 Å². The molecule has 1 unspecified atom stereocenters. The van der Waals surface area contributed by atoms with E-state index < -0.39 is 6.04 Å². The van der Waals surface area contributed by atoms with E-state index >= 15 is 0 Å². The number of nitrogens with zero attached hydrogens (tertiary/aromatic N) is 1. The van der Waals surface area contributed by atoms with Crippen LogP contribution < -0.4 is 5.32 Å². The molecule has 0 aliphatic heterocycles. The average molecular weight is 401 g/mol. The molecule has 150 valence electrons. The number of benzene rings is 2. The van der Waals surface area contributed by atoms with Crippen LogP contribution in [0.3, 0.4) is 0 Å². The number of rotatable bonds is 9. The van der Waals surface area contributed by atoms with Crippen LogP contribution in [0, 0.1) is 5.92 Å². The SMILES string of the molecule is CCC(=O)N(Cc1cccc(Cl)c1)C(Cc1ccccc1)C(=O)NCC(C)C. The third-order valence-corrected chi connectivity index (χ3v) is 4.74. The van der Waals surface area contributed by atoms with Gasteiger partial charge in [-0.05, 0) is 29.2 Å². The van der Waals surface area contributed by atoms with Crippen molar-refractivity contribution in [3.05, 3.63) is 70.7 Å². The first-order valence-corrected chi connectivity index (χ1v) is 10.1. The van der Waals surface area contributed by atoms with E-state index in [9.17, 15) is 9.59 Å². The summed E-state index contributed by atoms with van der Waals surface area (Å²) in [5.41, 5.74) is 1.93. The van der Waals surface area contributed by atoms with Gasteiger partial charge in [0.15, 0.2) is 0 Å². The van der Waals surface area contributed by atoms with Gasteiger partial charge < -0.3 is 10.2 Å². The number of carbonyl (C=O) groups is 2. The van der Waals surface area contributed by atoms with Gasteiger partial charge >= 0.3 is 0 Å². The summed E-state index contributed by atoms with van der Waals surface area (Å²) >= 11 is 6.12. The number of nitrogens with one attached hydrogen (secondary N) is 1. The van der Waals surface area contributed by atoms with E-state index in [1.54, 1.807) is 11.0 Å². The van der Waals surface area contributed by atoms with E-state index in [0.29, 0.717) is 36.9 Å². The molecule has 5 heteroatoms. The van der Waals surface area contributed by atoms with Crippen molar-refractivity contribution in [2.75, 3.05) is 6.54 Å². The van der Waals surface area contributed by atoms with Gasteiger partial charge in [0.1, 0.15) is 6.04 Å². The summed E-state index contributed by atoms with van der Waals surface area (Å²) in [7, 11) is 0. The van der Waals surface area contributed by atoms with Crippen LogP contribution in [0.5, 0.6) is 0 Å². The van der Waals surface area contributed by atoms with Crippen LogP contribution in [0.25, 0.3) is 0 Å². The lowest BCUT2D eigenvalue weighted by Crippen LogP contribution is -2.50. The molecule has 2 aromatic carbocycles. The van der Waals surface area contributed by atoms with E-state index in [1.165, 1.54) is 0 Å². The third-order valence-electron chi connectivity index (χ3n) is 4.50. The monoisotopic (exact) mass is 400 g/mol. The zero-order valence-corrected chi connectivity index (χ0v) is 17.6. The fourth-order valence-corrected chi connectivity index (χ4v) is 3.22. The fourth-order valence-electron chi connectivity index (χ4n) is 3.01. The molecule has 4 nitrogen and oxygen atoms in total. The minimum Gasteiger partial charge on any atom is -0.354 e. The molecule has 0 radical (unpaired) electrons. The minimum absolute atomic E-state index is 0.0550. The maximum Gasteiger partial charge on any atom is 0.243 e. The topological polar surface area (TPSA) is 49.4 Å². The molecule has 2 aromatic rings. The molecule has 0 heterocycles. The third kappa shape index (κ3) is 6.68. The molecule has 0 aliphatic rings. The molecule has 0 aliphatic carbocycles. The van der Waals surface area contributed by atoms with Gasteiger partial charge in [0, 0.05) is 31.0 Å². The highest BCUT2D eigenvalue weighted by molar-refractivity contribution is 6.30. The quantitative estimate of drug-likeness (QED) is 0.675. The predicted molar refractivity (Wildman–Crippen MR) is 114 cm³/mol. The van der Waals surface area contributed by atoms with E-state index in [2.05, 4.69) is 5.32 Å². The minimum atomic E-state index is -0.576. The van der Waals surface area contributed by atoms with E-state index in [1.807, 2.05) is 69.3 Å². The Morgan fingerprint density at radius 3 is 2.32 bits per heavy atom. The molecule has 2 amide bonds. The maximum absolute atomic E-state index is 13.0. The van der Waals surface area contributed by atoms with Crippen molar-refractivity contribution >= 4 is 23.4 Å². The highest BCUT2D eigenvalue weighted by atomic mass is 35.5. The molecule has 1 atom stereocenters. The Labute approximate surface area is 172 Å². The first kappa shape index (κ1) is 22.0. The van der Waals surface area contributed by atoms with Crippen molar-refractivity contribution in [1.82, 2.24) is 10.2 Å². The van der Waals surface area contributed by atoms with Gasteiger partial charge in [0.05, 0.1) is 0 Å². The number of amides is 2. The van der Waals surface area contributed by atoms with E-state index in [-0.39, 0.29) is 11.8 Å². The zero-order chi connectivity index (χ0) is 20.5. The Morgan fingerprint density at radius 1 is 1.04 bits per heavy atom. The predicted octanol–water partition coefficient (Wildman–Crippen LogP) is 4.46. The smallest absolute Gasteiger partial charge is 0.243 e. The summed E-state index contributed by atoms with van der Waals surface area (Å²) in [6.07, 6.45) is 0.806. The van der Waals surface area contributed by atoms with Crippen molar-refractivity contribution in [3.8, 4) is 0 Å². The van der Waals surface area contributed by atoms with Crippen LogP contribution in [-0.2, 0) is 22.6 Å². The molecule has 28 heavy (non-hydrogen) atoms. The number of carbonyl (C=O) groups excluding carboxylic acids is 2. The molecule has 0 saturated carbocycles. The Kier molecular flexibility index (Phi) is 8.52. The summed E-state index contributed by atoms with van der Waals surface area (Å²) in [5, 5.41) is 3.62. The van der Waals surface area contributed by atoms with Crippen molar-refractivity contribution < 1.29 is 9.59 Å². The first-order chi connectivity index (χ1) is 13.4. The molecule has 2 rings (SSSR count). The molecule has 0 spiro atoms. The normalized spacial score (nSPS) is 11.9. The lowest BCUT2D eigenvalue weighted by molar-refractivity contribution is -0.141. The van der Waals surface area contributed by atoms with Crippen molar-refractivity contribution in [3.63, 3.8) is 0 Å². The fraction of sp³-hybridized carbons (Fsp3) is 0.391. The van der Waals surface area contributed by atoms with Gasteiger partial charge in [-0.3, -0.25) is 9.59 Å². The molecule has 0 aromatic heterocycles. The van der Waals surface area contributed by atoms with Crippen LogP contribution in [0.2, 0.25) is 5.02 Å². The summed E-state index contributed by atoms with van der Waals surface area (Å²) in [4.78, 5) is 27.5. The van der Waals surface area contributed by atoms with Gasteiger partial charge in [-0.15, -0.1) is 0 Å². The van der Waals surface area contributed by atoms with Crippen molar-refractivity contribution in [2.24, 2.45) is 5.92 Å². The van der Waals surface area contributed by atoms with Crippen LogP contribution in [0.15, 0.2) is 54.6 Å². The van der Waals surface area contributed by atoms with E-state index in [4.69, 9.17) is 11.6 Å². The lowest BCUT2D eigenvalue weighted by atomic mass is 10.0. The molecule has 0 saturated heterocycles. The summed E-state index contributed by atoms with van der Waals surface area (Å²) < 4.78 is 0. The van der Waals surface area contributed by atoms with Crippen molar-refractivity contribution in [2.45, 2.75) is 46.2 Å².